The molecule has 0 bridgehead atoms. The number of aromatic nitrogens is 3. The number of aryl methyl sites for hydroxylation is 1. The highest BCUT2D eigenvalue weighted by molar-refractivity contribution is 5.79. The Hall–Kier alpha value is -5.53. The third-order valence-corrected chi connectivity index (χ3v) is 8.80. The summed E-state index contributed by atoms with van der Waals surface area (Å²) in [4.78, 5) is 24.5. The molecule has 1 saturated heterocycles. The zero-order valence-corrected chi connectivity index (χ0v) is 25.4. The van der Waals surface area contributed by atoms with Gasteiger partial charge in [-0.25, -0.2) is 4.68 Å². The molecule has 0 spiro atoms. The number of carbonyl (C=O) groups is 1. The van der Waals surface area contributed by atoms with Crippen LogP contribution in [0, 0.1) is 28.9 Å². The van der Waals surface area contributed by atoms with Gasteiger partial charge < -0.3 is 33.2 Å². The van der Waals surface area contributed by atoms with E-state index < -0.39 is 22.8 Å². The van der Waals surface area contributed by atoms with Crippen molar-refractivity contribution in [3.63, 3.8) is 0 Å². The number of fused-ring (bicyclic) bond motifs is 3. The number of carbonyl (C=O) groups excluding carboxylic acids is 1. The smallest absolute Gasteiger partial charge is 0.310 e. The zero-order chi connectivity index (χ0) is 32.1. The van der Waals surface area contributed by atoms with Crippen molar-refractivity contribution in [1.29, 1.82) is 0 Å². The highest BCUT2D eigenvalue weighted by Crippen LogP contribution is 2.56. The minimum absolute atomic E-state index is 0.0263. The van der Waals surface area contributed by atoms with Crippen molar-refractivity contribution < 1.29 is 42.9 Å². The van der Waals surface area contributed by atoms with Crippen molar-refractivity contribution in [3.8, 4) is 34.5 Å². The van der Waals surface area contributed by atoms with Crippen LogP contribution >= 0.6 is 0 Å². The van der Waals surface area contributed by atoms with Crippen molar-refractivity contribution in [2.45, 2.75) is 25.5 Å². The van der Waals surface area contributed by atoms with Gasteiger partial charge in [0.25, 0.3) is 5.69 Å². The number of hydrogen-bond donors (Lipinski definition) is 0. The first-order valence-electron chi connectivity index (χ1n) is 14.5. The second-order valence-corrected chi connectivity index (χ2v) is 11.2. The van der Waals surface area contributed by atoms with Crippen LogP contribution in [0.2, 0.25) is 0 Å². The van der Waals surface area contributed by atoms with Gasteiger partial charge in [-0.2, -0.15) is 0 Å². The second kappa shape index (κ2) is 11.4. The summed E-state index contributed by atoms with van der Waals surface area (Å²) in [7, 11) is 4.62. The number of nitrogens with zero attached hydrogens (tertiary/aromatic N) is 4. The molecule has 4 aromatic rings. The molecular weight excluding hydrogens is 600 g/mol. The van der Waals surface area contributed by atoms with Crippen LogP contribution in [0.25, 0.3) is 0 Å². The van der Waals surface area contributed by atoms with E-state index in [1.807, 2.05) is 24.3 Å². The van der Waals surface area contributed by atoms with E-state index in [0.717, 1.165) is 16.7 Å². The standard InChI is InChI=1S/C32H30N4O10/c1-16-5-6-19(9-23(16)36(38)39)43-13-18-12-35(34-33-18)30-21-11-25-24(45-15-46-25)10-20(21)28(29-22(30)14-44-32(29)37)17-7-26(40-2)31(42-4)27(8-17)41-3/h5-12,22,28-30H,13-15H2,1-4H3/t22-,28+,29-,30-/m0/s1. The summed E-state index contributed by atoms with van der Waals surface area (Å²) in [6.07, 6.45) is 1.75. The molecule has 0 amide bonds. The van der Waals surface area contributed by atoms with E-state index in [1.54, 1.807) is 44.2 Å². The summed E-state index contributed by atoms with van der Waals surface area (Å²) in [6.45, 7) is 1.94. The molecule has 0 unspecified atom stereocenters. The Balaban J connectivity index is 1.29. The van der Waals surface area contributed by atoms with E-state index in [0.29, 0.717) is 45.8 Å². The average molecular weight is 631 g/mol. The molecule has 46 heavy (non-hydrogen) atoms. The van der Waals surface area contributed by atoms with Crippen molar-refractivity contribution in [3.05, 3.63) is 86.7 Å². The summed E-state index contributed by atoms with van der Waals surface area (Å²) in [5.41, 5.74) is 3.49. The number of nitro benzene ring substituents is 1. The van der Waals surface area contributed by atoms with Gasteiger partial charge in [-0.1, -0.05) is 5.21 Å². The normalized spacial score (nSPS) is 20.8. The molecule has 0 radical (unpaired) electrons. The maximum Gasteiger partial charge on any atom is 0.310 e. The molecule has 238 valence electrons. The summed E-state index contributed by atoms with van der Waals surface area (Å²) in [6, 6.07) is 11.8. The van der Waals surface area contributed by atoms with Gasteiger partial charge in [0, 0.05) is 17.4 Å². The molecule has 1 aliphatic carbocycles. The van der Waals surface area contributed by atoms with E-state index in [9.17, 15) is 14.9 Å². The van der Waals surface area contributed by atoms with Gasteiger partial charge in [0.2, 0.25) is 12.5 Å². The number of methoxy groups -OCH3 is 3. The van der Waals surface area contributed by atoms with Crippen molar-refractivity contribution in [2.75, 3.05) is 34.7 Å². The van der Waals surface area contributed by atoms with Crippen LogP contribution in [-0.2, 0) is 16.1 Å². The van der Waals surface area contributed by atoms with Gasteiger partial charge in [-0.3, -0.25) is 14.9 Å². The third-order valence-electron chi connectivity index (χ3n) is 8.80. The zero-order valence-electron chi connectivity index (χ0n) is 25.4. The first-order valence-corrected chi connectivity index (χ1v) is 14.5. The van der Waals surface area contributed by atoms with Gasteiger partial charge >= 0.3 is 5.97 Å². The van der Waals surface area contributed by atoms with E-state index in [4.69, 9.17) is 33.2 Å². The van der Waals surface area contributed by atoms with Crippen LogP contribution in [0.1, 0.15) is 39.9 Å². The Labute approximate surface area is 262 Å². The maximum absolute atomic E-state index is 13.5. The largest absolute Gasteiger partial charge is 0.493 e. The molecule has 3 aromatic carbocycles. The summed E-state index contributed by atoms with van der Waals surface area (Å²) >= 11 is 0. The molecule has 14 nitrogen and oxygen atoms in total. The molecule has 3 heterocycles. The number of ether oxygens (including phenoxy) is 7. The molecule has 4 atom stereocenters. The lowest BCUT2D eigenvalue weighted by Gasteiger charge is -2.39. The number of nitro groups is 1. The quantitative estimate of drug-likeness (QED) is 0.147. The fourth-order valence-corrected chi connectivity index (χ4v) is 6.70. The topological polar surface area (TPSA) is 156 Å². The summed E-state index contributed by atoms with van der Waals surface area (Å²) in [5.74, 6) is 1.17. The SMILES string of the molecule is COc1cc([C@@H]2c3cc4c(cc3[C@H](n3cc(COc5ccc(C)c([N+](=O)[O-])c5)nn3)[C@H]3COC(=O)[C@H]23)OCO4)cc(OC)c1OC. The minimum atomic E-state index is -0.585. The predicted octanol–water partition coefficient (Wildman–Crippen LogP) is 4.35. The number of esters is 1. The Morgan fingerprint density at radius 2 is 1.70 bits per heavy atom. The van der Waals surface area contributed by atoms with Gasteiger partial charge in [0.15, 0.2) is 23.0 Å². The maximum atomic E-state index is 13.5. The number of rotatable bonds is 9. The van der Waals surface area contributed by atoms with Crippen molar-refractivity contribution in [1.82, 2.24) is 15.0 Å². The molecular formula is C32H30N4O10. The van der Waals surface area contributed by atoms with Gasteiger partial charge in [-0.05, 0) is 60.0 Å². The monoisotopic (exact) mass is 630 g/mol. The van der Waals surface area contributed by atoms with Crippen LogP contribution in [0.3, 0.4) is 0 Å². The third kappa shape index (κ3) is 4.76. The van der Waals surface area contributed by atoms with Crippen molar-refractivity contribution >= 4 is 11.7 Å². The minimum Gasteiger partial charge on any atom is -0.493 e. The summed E-state index contributed by atoms with van der Waals surface area (Å²) in [5, 5.41) is 20.1. The summed E-state index contributed by atoms with van der Waals surface area (Å²) < 4.78 is 41.6. The van der Waals surface area contributed by atoms with Crippen LogP contribution < -0.4 is 28.4 Å². The van der Waals surface area contributed by atoms with E-state index in [-0.39, 0.29) is 37.6 Å². The Morgan fingerprint density at radius 1 is 0.978 bits per heavy atom. The molecule has 2 aliphatic heterocycles. The number of hydrogen-bond acceptors (Lipinski definition) is 12. The highest BCUT2D eigenvalue weighted by Gasteiger charge is 2.53. The lowest BCUT2D eigenvalue weighted by atomic mass is 9.65. The van der Waals surface area contributed by atoms with Gasteiger partial charge in [0.1, 0.15) is 18.1 Å². The predicted molar refractivity (Wildman–Crippen MR) is 159 cm³/mol. The number of benzene rings is 3. The molecule has 14 heteroatoms. The van der Waals surface area contributed by atoms with Crippen LogP contribution in [0.15, 0.2) is 48.7 Å². The second-order valence-electron chi connectivity index (χ2n) is 11.2. The first-order chi connectivity index (χ1) is 22.3. The Bertz CT molecular complexity index is 1830. The first kappa shape index (κ1) is 29.2. The highest BCUT2D eigenvalue weighted by atomic mass is 16.7. The molecule has 3 aliphatic rings. The fraction of sp³-hybridized carbons (Fsp3) is 0.344. The average Bonchev–Trinajstić information content (AvgIpc) is 3.82. The van der Waals surface area contributed by atoms with Crippen LogP contribution in [0.5, 0.6) is 34.5 Å². The Kier molecular flexibility index (Phi) is 7.26. The molecule has 7 rings (SSSR count). The van der Waals surface area contributed by atoms with Crippen molar-refractivity contribution in [2.24, 2.45) is 11.8 Å². The lowest BCUT2D eigenvalue weighted by molar-refractivity contribution is -0.385. The fourth-order valence-electron chi connectivity index (χ4n) is 6.70. The van der Waals surface area contributed by atoms with E-state index in [1.165, 1.54) is 13.2 Å². The van der Waals surface area contributed by atoms with E-state index in [2.05, 4.69) is 10.3 Å². The van der Waals surface area contributed by atoms with Gasteiger partial charge in [0.05, 0.1) is 57.1 Å². The molecule has 1 aromatic heterocycles. The number of cyclic esters (lactones) is 1. The van der Waals surface area contributed by atoms with Crippen LogP contribution in [-0.4, -0.2) is 60.6 Å². The lowest BCUT2D eigenvalue weighted by Crippen LogP contribution is -2.37. The molecule has 1 fully saturated rings. The van der Waals surface area contributed by atoms with E-state index >= 15 is 0 Å². The Morgan fingerprint density at radius 3 is 2.37 bits per heavy atom. The van der Waals surface area contributed by atoms with Gasteiger partial charge in [-0.15, -0.1) is 5.10 Å². The molecule has 0 saturated carbocycles. The molecule has 0 N–H and O–H groups in total. The van der Waals surface area contributed by atoms with Crippen LogP contribution in [0.4, 0.5) is 5.69 Å².